The SMILES string of the molecule is CCCOc1ccc(C(C)NC(=O)c2cc(SC)ccc2[N+](=O)[O-])cc1OC. The molecule has 8 heteroatoms. The standard InChI is InChI=1S/C20H24N2O5S/c1-5-10-27-18-9-6-14(11-19(18)26-3)13(2)21-20(23)16-12-15(28-4)7-8-17(16)22(24)25/h6-9,11-13H,5,10H2,1-4H3,(H,21,23). The van der Waals surface area contributed by atoms with Gasteiger partial charge in [0.15, 0.2) is 11.5 Å². The maximum atomic E-state index is 12.7. The molecule has 0 aliphatic carbocycles. The average molecular weight is 404 g/mol. The molecule has 0 aliphatic heterocycles. The van der Waals surface area contributed by atoms with Gasteiger partial charge in [-0.2, -0.15) is 0 Å². The Labute approximate surface area is 168 Å². The number of rotatable bonds is 9. The van der Waals surface area contributed by atoms with Crippen LogP contribution in [0.3, 0.4) is 0 Å². The van der Waals surface area contributed by atoms with Crippen LogP contribution in [-0.2, 0) is 0 Å². The number of nitro groups is 1. The van der Waals surface area contributed by atoms with E-state index < -0.39 is 10.8 Å². The van der Waals surface area contributed by atoms with E-state index in [9.17, 15) is 14.9 Å². The van der Waals surface area contributed by atoms with Gasteiger partial charge in [-0.25, -0.2) is 0 Å². The summed E-state index contributed by atoms with van der Waals surface area (Å²) < 4.78 is 11.0. The van der Waals surface area contributed by atoms with Gasteiger partial charge in [0.1, 0.15) is 5.56 Å². The summed E-state index contributed by atoms with van der Waals surface area (Å²) in [6.07, 6.45) is 2.73. The Morgan fingerprint density at radius 2 is 2.00 bits per heavy atom. The number of hydrogen-bond acceptors (Lipinski definition) is 6. The van der Waals surface area contributed by atoms with Crippen LogP contribution in [0.25, 0.3) is 0 Å². The molecule has 0 saturated carbocycles. The summed E-state index contributed by atoms with van der Waals surface area (Å²) in [6.45, 7) is 4.41. The number of amides is 1. The van der Waals surface area contributed by atoms with Gasteiger partial charge in [0, 0.05) is 11.0 Å². The van der Waals surface area contributed by atoms with Crippen molar-refractivity contribution in [3.05, 3.63) is 57.6 Å². The highest BCUT2D eigenvalue weighted by Gasteiger charge is 2.22. The topological polar surface area (TPSA) is 90.7 Å². The van der Waals surface area contributed by atoms with Gasteiger partial charge in [0.25, 0.3) is 11.6 Å². The van der Waals surface area contributed by atoms with Crippen LogP contribution in [0.1, 0.15) is 42.2 Å². The molecule has 0 aliphatic rings. The van der Waals surface area contributed by atoms with E-state index in [1.807, 2.05) is 26.2 Å². The highest BCUT2D eigenvalue weighted by molar-refractivity contribution is 7.98. The number of carbonyl (C=O) groups excluding carboxylic acids is 1. The largest absolute Gasteiger partial charge is 0.493 e. The molecule has 2 aromatic rings. The van der Waals surface area contributed by atoms with Crippen molar-refractivity contribution in [3.8, 4) is 11.5 Å². The molecule has 0 bridgehead atoms. The van der Waals surface area contributed by atoms with Crippen molar-refractivity contribution in [2.45, 2.75) is 31.2 Å². The lowest BCUT2D eigenvalue weighted by Crippen LogP contribution is -2.27. The Balaban J connectivity index is 2.24. The minimum atomic E-state index is -0.549. The Morgan fingerprint density at radius 3 is 2.61 bits per heavy atom. The highest BCUT2D eigenvalue weighted by Crippen LogP contribution is 2.31. The van der Waals surface area contributed by atoms with Gasteiger partial charge < -0.3 is 14.8 Å². The number of methoxy groups -OCH3 is 1. The Hall–Kier alpha value is -2.74. The molecule has 2 rings (SSSR count). The van der Waals surface area contributed by atoms with Crippen LogP contribution in [0, 0.1) is 10.1 Å². The first kappa shape index (κ1) is 21.6. The van der Waals surface area contributed by atoms with Crippen LogP contribution in [-0.4, -0.2) is 30.8 Å². The van der Waals surface area contributed by atoms with Gasteiger partial charge in [-0.1, -0.05) is 13.0 Å². The van der Waals surface area contributed by atoms with E-state index >= 15 is 0 Å². The zero-order chi connectivity index (χ0) is 20.7. The molecule has 0 aromatic heterocycles. The third-order valence-corrected chi connectivity index (χ3v) is 4.87. The van der Waals surface area contributed by atoms with Crippen molar-refractivity contribution in [3.63, 3.8) is 0 Å². The fourth-order valence-corrected chi connectivity index (χ4v) is 3.07. The number of benzene rings is 2. The van der Waals surface area contributed by atoms with E-state index in [2.05, 4.69) is 5.32 Å². The second kappa shape index (κ2) is 9.98. The fraction of sp³-hybridized carbons (Fsp3) is 0.350. The lowest BCUT2D eigenvalue weighted by Gasteiger charge is -2.17. The molecule has 0 fully saturated rings. The molecule has 1 unspecified atom stereocenters. The van der Waals surface area contributed by atoms with E-state index in [1.54, 1.807) is 25.3 Å². The molecule has 28 heavy (non-hydrogen) atoms. The zero-order valence-corrected chi connectivity index (χ0v) is 17.2. The van der Waals surface area contributed by atoms with Crippen LogP contribution in [0.15, 0.2) is 41.3 Å². The van der Waals surface area contributed by atoms with Gasteiger partial charge in [0.2, 0.25) is 0 Å². The van der Waals surface area contributed by atoms with Crippen molar-refractivity contribution >= 4 is 23.4 Å². The molecule has 150 valence electrons. The number of nitro benzene ring substituents is 1. The number of nitrogens with zero attached hydrogens (tertiary/aromatic N) is 1. The van der Waals surface area contributed by atoms with Crippen molar-refractivity contribution in [1.29, 1.82) is 0 Å². The fourth-order valence-electron chi connectivity index (χ4n) is 2.63. The van der Waals surface area contributed by atoms with Crippen LogP contribution in [0.2, 0.25) is 0 Å². The van der Waals surface area contributed by atoms with Crippen molar-refractivity contribution in [1.82, 2.24) is 5.32 Å². The molecule has 1 amide bonds. The van der Waals surface area contributed by atoms with Crippen LogP contribution in [0.4, 0.5) is 5.69 Å². The third-order valence-electron chi connectivity index (χ3n) is 4.14. The summed E-state index contributed by atoms with van der Waals surface area (Å²) in [5, 5.41) is 14.1. The molecule has 0 saturated heterocycles. The molecule has 0 spiro atoms. The predicted molar refractivity (Wildman–Crippen MR) is 110 cm³/mol. The molecular formula is C20H24N2O5S. The molecular weight excluding hydrogens is 380 g/mol. The maximum Gasteiger partial charge on any atom is 0.282 e. The number of thioether (sulfide) groups is 1. The molecule has 1 atom stereocenters. The van der Waals surface area contributed by atoms with Gasteiger partial charge in [-0.05, 0) is 49.4 Å². The molecule has 0 radical (unpaired) electrons. The van der Waals surface area contributed by atoms with Crippen LogP contribution < -0.4 is 14.8 Å². The van der Waals surface area contributed by atoms with E-state index in [-0.39, 0.29) is 17.3 Å². The lowest BCUT2D eigenvalue weighted by molar-refractivity contribution is -0.385. The summed E-state index contributed by atoms with van der Waals surface area (Å²) in [5.74, 6) is 0.706. The molecule has 0 heterocycles. The van der Waals surface area contributed by atoms with Gasteiger partial charge >= 0.3 is 0 Å². The normalized spacial score (nSPS) is 11.6. The summed E-state index contributed by atoms with van der Waals surface area (Å²) in [6, 6.07) is 9.57. The summed E-state index contributed by atoms with van der Waals surface area (Å²) in [5.41, 5.74) is 0.625. The summed E-state index contributed by atoms with van der Waals surface area (Å²) >= 11 is 1.42. The Bertz CT molecular complexity index is 856. The molecule has 2 aromatic carbocycles. The quantitative estimate of drug-likeness (QED) is 0.373. The number of ether oxygens (including phenoxy) is 2. The predicted octanol–water partition coefficient (Wildman–Crippen LogP) is 4.61. The van der Waals surface area contributed by atoms with E-state index in [0.717, 1.165) is 16.9 Å². The average Bonchev–Trinajstić information content (AvgIpc) is 2.71. The van der Waals surface area contributed by atoms with Crippen molar-refractivity contribution < 1.29 is 19.2 Å². The smallest absolute Gasteiger partial charge is 0.282 e. The van der Waals surface area contributed by atoms with Crippen molar-refractivity contribution in [2.75, 3.05) is 20.0 Å². The monoisotopic (exact) mass is 404 g/mol. The number of nitrogens with one attached hydrogen (secondary N) is 1. The van der Waals surface area contributed by atoms with Gasteiger partial charge in [0.05, 0.1) is 24.7 Å². The minimum absolute atomic E-state index is 0.0403. The first-order valence-corrected chi connectivity index (χ1v) is 10.1. The second-order valence-electron chi connectivity index (χ2n) is 6.09. The third kappa shape index (κ3) is 5.16. The van der Waals surface area contributed by atoms with Gasteiger partial charge in [-0.15, -0.1) is 11.8 Å². The summed E-state index contributed by atoms with van der Waals surface area (Å²) in [4.78, 5) is 24.2. The number of hydrogen-bond donors (Lipinski definition) is 1. The molecule has 1 N–H and O–H groups in total. The van der Waals surface area contributed by atoms with Crippen LogP contribution >= 0.6 is 11.8 Å². The zero-order valence-electron chi connectivity index (χ0n) is 16.4. The van der Waals surface area contributed by atoms with E-state index in [1.165, 1.54) is 23.9 Å². The highest BCUT2D eigenvalue weighted by atomic mass is 32.2. The molecule has 7 nitrogen and oxygen atoms in total. The van der Waals surface area contributed by atoms with Crippen molar-refractivity contribution in [2.24, 2.45) is 0 Å². The first-order chi connectivity index (χ1) is 13.4. The van der Waals surface area contributed by atoms with E-state index in [4.69, 9.17) is 9.47 Å². The maximum absolute atomic E-state index is 12.7. The van der Waals surface area contributed by atoms with E-state index in [0.29, 0.717) is 18.1 Å². The Kier molecular flexibility index (Phi) is 7.69. The van der Waals surface area contributed by atoms with Gasteiger partial charge in [-0.3, -0.25) is 14.9 Å². The minimum Gasteiger partial charge on any atom is -0.493 e. The summed E-state index contributed by atoms with van der Waals surface area (Å²) in [7, 11) is 1.55. The van der Waals surface area contributed by atoms with Crippen LogP contribution in [0.5, 0.6) is 11.5 Å². The second-order valence-corrected chi connectivity index (χ2v) is 6.97. The lowest BCUT2D eigenvalue weighted by atomic mass is 10.1. The Morgan fingerprint density at radius 1 is 1.25 bits per heavy atom. The first-order valence-electron chi connectivity index (χ1n) is 8.85. The number of carbonyl (C=O) groups is 1.